The van der Waals surface area contributed by atoms with E-state index >= 15 is 0 Å². The van der Waals surface area contributed by atoms with E-state index in [-0.39, 0.29) is 5.25 Å². The lowest BCUT2D eigenvalue weighted by Crippen LogP contribution is -2.39. The number of rotatable bonds is 5. The van der Waals surface area contributed by atoms with E-state index in [1.54, 1.807) is 35.6 Å². The van der Waals surface area contributed by atoms with Crippen LogP contribution in [0.2, 0.25) is 5.02 Å². The SMILES string of the molecule is Cc1cc(C)c(Cc2csc(N3CCC(S(=O)(=O)c4ccc(Cl)cc4)CC3)n2)c(C)c1. The van der Waals surface area contributed by atoms with Gasteiger partial charge in [0, 0.05) is 29.9 Å². The maximum atomic E-state index is 13.0. The van der Waals surface area contributed by atoms with Crippen LogP contribution < -0.4 is 4.90 Å². The van der Waals surface area contributed by atoms with Crippen LogP contribution >= 0.6 is 22.9 Å². The van der Waals surface area contributed by atoms with Gasteiger partial charge in [0.05, 0.1) is 15.8 Å². The van der Waals surface area contributed by atoms with Crippen molar-refractivity contribution < 1.29 is 8.42 Å². The zero-order valence-electron chi connectivity index (χ0n) is 18.1. The van der Waals surface area contributed by atoms with Gasteiger partial charge in [0.25, 0.3) is 0 Å². The third kappa shape index (κ3) is 4.81. The van der Waals surface area contributed by atoms with Crippen molar-refractivity contribution in [3.63, 3.8) is 0 Å². The maximum Gasteiger partial charge on any atom is 0.185 e. The normalized spacial score (nSPS) is 15.4. The molecule has 2 heterocycles. The highest BCUT2D eigenvalue weighted by molar-refractivity contribution is 7.92. The molecule has 0 aliphatic carbocycles. The summed E-state index contributed by atoms with van der Waals surface area (Å²) in [5, 5.41) is 3.30. The Hall–Kier alpha value is -1.89. The van der Waals surface area contributed by atoms with E-state index < -0.39 is 9.84 Å². The second-order valence-electron chi connectivity index (χ2n) is 8.36. The Morgan fingerprint density at radius 3 is 2.29 bits per heavy atom. The minimum Gasteiger partial charge on any atom is -0.348 e. The van der Waals surface area contributed by atoms with Crippen LogP contribution in [0.25, 0.3) is 0 Å². The van der Waals surface area contributed by atoms with Gasteiger partial charge in [-0.15, -0.1) is 11.3 Å². The van der Waals surface area contributed by atoms with E-state index in [0.29, 0.717) is 35.8 Å². The number of halogens is 1. The summed E-state index contributed by atoms with van der Waals surface area (Å²) >= 11 is 7.55. The number of aromatic nitrogens is 1. The van der Waals surface area contributed by atoms with Crippen LogP contribution in [-0.2, 0) is 16.3 Å². The van der Waals surface area contributed by atoms with Crippen molar-refractivity contribution in [2.45, 2.75) is 50.2 Å². The second-order valence-corrected chi connectivity index (χ2v) is 11.9. The first-order valence-electron chi connectivity index (χ1n) is 10.5. The number of thiazole rings is 1. The zero-order chi connectivity index (χ0) is 22.2. The Balaban J connectivity index is 1.42. The summed E-state index contributed by atoms with van der Waals surface area (Å²) in [6.45, 7) is 7.85. The standard InChI is InChI=1S/C24H27ClN2O2S2/c1-16-12-17(2)23(18(3)13-16)14-20-15-30-24(26-20)27-10-8-22(9-11-27)31(28,29)21-6-4-19(25)5-7-21/h4-7,12-13,15,22H,8-11,14H2,1-3H3. The lowest BCUT2D eigenvalue weighted by atomic mass is 9.96. The van der Waals surface area contributed by atoms with Gasteiger partial charge in [0.15, 0.2) is 15.0 Å². The van der Waals surface area contributed by atoms with Gasteiger partial charge in [-0.05, 0) is 74.6 Å². The Kier molecular flexibility index (Phi) is 6.42. The molecule has 164 valence electrons. The molecule has 3 aromatic rings. The number of anilines is 1. The summed E-state index contributed by atoms with van der Waals surface area (Å²) in [5.41, 5.74) is 6.32. The van der Waals surface area contributed by atoms with Gasteiger partial charge in [-0.25, -0.2) is 13.4 Å². The van der Waals surface area contributed by atoms with E-state index in [1.165, 1.54) is 22.3 Å². The molecule has 0 saturated carbocycles. The van der Waals surface area contributed by atoms with Crippen LogP contribution in [0.5, 0.6) is 0 Å². The van der Waals surface area contributed by atoms with Crippen molar-refractivity contribution in [3.8, 4) is 0 Å². The third-order valence-electron chi connectivity index (χ3n) is 6.03. The van der Waals surface area contributed by atoms with Crippen molar-refractivity contribution >= 4 is 37.9 Å². The van der Waals surface area contributed by atoms with Crippen LogP contribution in [0.15, 0.2) is 46.7 Å². The Morgan fingerprint density at radius 2 is 1.68 bits per heavy atom. The lowest BCUT2D eigenvalue weighted by molar-refractivity contribution is 0.529. The molecule has 4 rings (SSSR count). The minimum absolute atomic E-state index is 0.357. The fourth-order valence-corrected chi connectivity index (χ4v) is 7.10. The molecule has 1 saturated heterocycles. The maximum absolute atomic E-state index is 13.0. The monoisotopic (exact) mass is 474 g/mol. The van der Waals surface area contributed by atoms with Crippen LogP contribution in [0, 0.1) is 20.8 Å². The van der Waals surface area contributed by atoms with E-state index in [2.05, 4.69) is 43.2 Å². The van der Waals surface area contributed by atoms with Crippen LogP contribution in [-0.4, -0.2) is 31.7 Å². The van der Waals surface area contributed by atoms with Crippen molar-refractivity contribution in [2.75, 3.05) is 18.0 Å². The molecule has 2 aromatic carbocycles. The molecule has 0 unspecified atom stereocenters. The van der Waals surface area contributed by atoms with Gasteiger partial charge in [-0.3, -0.25) is 0 Å². The van der Waals surface area contributed by atoms with Gasteiger partial charge >= 0.3 is 0 Å². The smallest absolute Gasteiger partial charge is 0.185 e. The Bertz CT molecular complexity index is 1160. The van der Waals surface area contributed by atoms with Crippen LogP contribution in [0.3, 0.4) is 0 Å². The highest BCUT2D eigenvalue weighted by atomic mass is 35.5. The summed E-state index contributed by atoms with van der Waals surface area (Å²) in [4.78, 5) is 7.45. The summed E-state index contributed by atoms with van der Waals surface area (Å²) in [5.74, 6) is 0. The summed E-state index contributed by atoms with van der Waals surface area (Å²) < 4.78 is 25.9. The van der Waals surface area contributed by atoms with Crippen LogP contribution in [0.1, 0.15) is 40.8 Å². The number of hydrogen-bond acceptors (Lipinski definition) is 5. The molecule has 31 heavy (non-hydrogen) atoms. The van der Waals surface area contributed by atoms with Crippen molar-refractivity contribution in [3.05, 3.63) is 74.7 Å². The number of nitrogens with zero attached hydrogens (tertiary/aromatic N) is 2. The average Bonchev–Trinajstić information content (AvgIpc) is 3.20. The quantitative estimate of drug-likeness (QED) is 0.472. The number of sulfone groups is 1. The largest absolute Gasteiger partial charge is 0.348 e. The number of aryl methyl sites for hydroxylation is 3. The molecule has 0 spiro atoms. The highest BCUT2D eigenvalue weighted by Gasteiger charge is 2.32. The molecule has 4 nitrogen and oxygen atoms in total. The van der Waals surface area contributed by atoms with Gasteiger partial charge in [-0.1, -0.05) is 29.3 Å². The van der Waals surface area contributed by atoms with Gasteiger partial charge in [0.2, 0.25) is 0 Å². The zero-order valence-corrected chi connectivity index (χ0v) is 20.4. The molecule has 0 bridgehead atoms. The predicted molar refractivity (Wildman–Crippen MR) is 129 cm³/mol. The van der Waals surface area contributed by atoms with E-state index in [4.69, 9.17) is 16.6 Å². The third-order valence-corrected chi connectivity index (χ3v) is 9.51. The van der Waals surface area contributed by atoms with Gasteiger partial charge < -0.3 is 4.90 Å². The van der Waals surface area contributed by atoms with Crippen molar-refractivity contribution in [1.29, 1.82) is 0 Å². The molecule has 0 amide bonds. The molecule has 1 aliphatic heterocycles. The topological polar surface area (TPSA) is 50.3 Å². The minimum atomic E-state index is -3.34. The summed E-state index contributed by atoms with van der Waals surface area (Å²) in [7, 11) is -3.34. The molecular weight excluding hydrogens is 448 g/mol. The summed E-state index contributed by atoms with van der Waals surface area (Å²) in [6, 6.07) is 10.9. The average molecular weight is 475 g/mol. The first-order valence-corrected chi connectivity index (χ1v) is 13.3. The predicted octanol–water partition coefficient (Wildman–Crippen LogP) is 5.76. The molecule has 0 radical (unpaired) electrons. The summed E-state index contributed by atoms with van der Waals surface area (Å²) in [6.07, 6.45) is 2.04. The fraction of sp³-hybridized carbons (Fsp3) is 0.375. The number of hydrogen-bond donors (Lipinski definition) is 0. The number of piperidine rings is 1. The molecular formula is C24H27ClN2O2S2. The number of benzene rings is 2. The molecule has 0 atom stereocenters. The Labute approximate surface area is 193 Å². The van der Waals surface area contributed by atoms with Gasteiger partial charge in [0.1, 0.15) is 0 Å². The van der Waals surface area contributed by atoms with E-state index in [0.717, 1.165) is 17.2 Å². The van der Waals surface area contributed by atoms with Crippen molar-refractivity contribution in [2.24, 2.45) is 0 Å². The lowest BCUT2D eigenvalue weighted by Gasteiger charge is -2.31. The highest BCUT2D eigenvalue weighted by Crippen LogP contribution is 2.30. The van der Waals surface area contributed by atoms with E-state index in [1.807, 2.05) is 0 Å². The molecule has 0 N–H and O–H groups in total. The molecule has 1 aliphatic rings. The Morgan fingerprint density at radius 1 is 1.06 bits per heavy atom. The first-order chi connectivity index (χ1) is 14.7. The van der Waals surface area contributed by atoms with Crippen molar-refractivity contribution in [1.82, 2.24) is 4.98 Å². The van der Waals surface area contributed by atoms with E-state index in [9.17, 15) is 8.42 Å². The van der Waals surface area contributed by atoms with Gasteiger partial charge in [-0.2, -0.15) is 0 Å². The molecule has 1 aromatic heterocycles. The fourth-order valence-electron chi connectivity index (χ4n) is 4.37. The van der Waals surface area contributed by atoms with Crippen LogP contribution in [0.4, 0.5) is 5.13 Å². The molecule has 1 fully saturated rings. The second kappa shape index (κ2) is 8.93. The first kappa shape index (κ1) is 22.3. The molecule has 7 heteroatoms.